The first-order chi connectivity index (χ1) is 10.2. The van der Waals surface area contributed by atoms with Gasteiger partial charge in [0.25, 0.3) is 0 Å². The minimum atomic E-state index is -0.0967. The van der Waals surface area contributed by atoms with Gasteiger partial charge in [-0.05, 0) is 50.9 Å². The van der Waals surface area contributed by atoms with Gasteiger partial charge < -0.3 is 10.2 Å². The Hall–Kier alpha value is -0.930. The van der Waals surface area contributed by atoms with Crippen LogP contribution in [0.1, 0.15) is 51.1 Å². The monoisotopic (exact) mass is 292 g/mol. The molecule has 1 aromatic rings. The Morgan fingerprint density at radius 3 is 2.57 bits per heavy atom. The molecule has 1 N–H and O–H groups in total. The summed E-state index contributed by atoms with van der Waals surface area (Å²) in [5.41, 5.74) is 0.796. The molecular weight excluding hydrogens is 263 g/mol. The quantitative estimate of drug-likeness (QED) is 0.817. The molecule has 1 aromatic carbocycles. The van der Waals surface area contributed by atoms with E-state index in [0.29, 0.717) is 5.92 Å². The van der Waals surface area contributed by atoms with E-state index in [-0.39, 0.29) is 11.9 Å². The van der Waals surface area contributed by atoms with E-state index in [1.165, 1.54) is 32.4 Å². The summed E-state index contributed by atoms with van der Waals surface area (Å²) in [6.07, 6.45) is 4.98. The topological polar surface area (TPSA) is 15.3 Å². The minimum Gasteiger partial charge on any atom is -0.310 e. The zero-order valence-corrected chi connectivity index (χ0v) is 13.4. The number of likely N-dealkylation sites (tertiary alicyclic amines) is 1. The van der Waals surface area contributed by atoms with Crippen LogP contribution in [0.2, 0.25) is 0 Å². The Balaban J connectivity index is 1.81. The van der Waals surface area contributed by atoms with Crippen molar-refractivity contribution in [2.24, 2.45) is 5.92 Å². The van der Waals surface area contributed by atoms with Crippen LogP contribution in [-0.2, 0) is 0 Å². The minimum absolute atomic E-state index is 0.0967. The highest BCUT2D eigenvalue weighted by Gasteiger charge is 2.16. The van der Waals surface area contributed by atoms with Crippen molar-refractivity contribution in [1.29, 1.82) is 0 Å². The molecule has 0 radical (unpaired) electrons. The Bertz CT molecular complexity index is 415. The zero-order chi connectivity index (χ0) is 15.1. The summed E-state index contributed by atoms with van der Waals surface area (Å²) in [4.78, 5) is 2.57. The molecule has 0 bridgehead atoms. The maximum atomic E-state index is 13.9. The molecule has 1 heterocycles. The fourth-order valence-electron chi connectivity index (χ4n) is 3.22. The molecule has 0 aliphatic carbocycles. The predicted octanol–water partition coefficient (Wildman–Crippen LogP) is 3.99. The standard InChI is InChI=1S/C18H29FN2/c1-3-18(16-9-5-6-10-17(16)19)20-13-15(2)14-21-11-7-4-8-12-21/h5-6,9-10,15,18,20H,3-4,7-8,11-14H2,1-2H3. The average molecular weight is 292 g/mol. The third kappa shape index (κ3) is 5.08. The third-order valence-corrected chi connectivity index (χ3v) is 4.42. The number of nitrogens with zero attached hydrogens (tertiary/aromatic N) is 1. The summed E-state index contributed by atoms with van der Waals surface area (Å²) in [6.45, 7) is 8.99. The molecular formula is C18H29FN2. The molecule has 0 spiro atoms. The largest absolute Gasteiger partial charge is 0.310 e. The van der Waals surface area contributed by atoms with Crippen LogP contribution in [0.25, 0.3) is 0 Å². The molecule has 21 heavy (non-hydrogen) atoms. The van der Waals surface area contributed by atoms with E-state index in [4.69, 9.17) is 0 Å². The summed E-state index contributed by atoms with van der Waals surface area (Å²) in [5.74, 6) is 0.504. The van der Waals surface area contributed by atoms with Gasteiger partial charge in [0.05, 0.1) is 0 Å². The van der Waals surface area contributed by atoms with Crippen molar-refractivity contribution in [2.75, 3.05) is 26.2 Å². The fraction of sp³-hybridized carbons (Fsp3) is 0.667. The molecule has 1 saturated heterocycles. The lowest BCUT2D eigenvalue weighted by Gasteiger charge is -2.30. The first kappa shape index (κ1) is 16.4. The van der Waals surface area contributed by atoms with Crippen molar-refractivity contribution in [3.63, 3.8) is 0 Å². The molecule has 1 fully saturated rings. The number of piperidine rings is 1. The van der Waals surface area contributed by atoms with Gasteiger partial charge in [-0.1, -0.05) is 38.5 Å². The smallest absolute Gasteiger partial charge is 0.127 e. The van der Waals surface area contributed by atoms with Gasteiger partial charge in [-0.15, -0.1) is 0 Å². The maximum Gasteiger partial charge on any atom is 0.127 e. The first-order valence-electron chi connectivity index (χ1n) is 8.41. The molecule has 0 saturated carbocycles. The van der Waals surface area contributed by atoms with Crippen LogP contribution < -0.4 is 5.32 Å². The summed E-state index contributed by atoms with van der Waals surface area (Å²) in [6, 6.07) is 7.24. The second-order valence-electron chi connectivity index (χ2n) is 6.36. The SMILES string of the molecule is CCC(NCC(C)CN1CCCCC1)c1ccccc1F. The number of halogens is 1. The highest BCUT2D eigenvalue weighted by atomic mass is 19.1. The van der Waals surface area contributed by atoms with Crippen molar-refractivity contribution >= 4 is 0 Å². The van der Waals surface area contributed by atoms with Crippen molar-refractivity contribution < 1.29 is 4.39 Å². The third-order valence-electron chi connectivity index (χ3n) is 4.42. The fourth-order valence-corrected chi connectivity index (χ4v) is 3.22. The van der Waals surface area contributed by atoms with E-state index in [9.17, 15) is 4.39 Å². The van der Waals surface area contributed by atoms with E-state index in [2.05, 4.69) is 24.1 Å². The number of hydrogen-bond donors (Lipinski definition) is 1. The molecule has 2 rings (SSSR count). The van der Waals surface area contributed by atoms with Crippen LogP contribution in [0.5, 0.6) is 0 Å². The van der Waals surface area contributed by atoms with E-state index >= 15 is 0 Å². The Morgan fingerprint density at radius 1 is 1.19 bits per heavy atom. The van der Waals surface area contributed by atoms with Crippen LogP contribution in [0.15, 0.2) is 24.3 Å². The number of rotatable bonds is 7. The van der Waals surface area contributed by atoms with Gasteiger partial charge in [0.1, 0.15) is 5.82 Å². The lowest BCUT2D eigenvalue weighted by atomic mass is 10.0. The summed E-state index contributed by atoms with van der Waals surface area (Å²) >= 11 is 0. The molecule has 0 amide bonds. The summed E-state index contributed by atoms with van der Waals surface area (Å²) < 4.78 is 13.9. The van der Waals surface area contributed by atoms with E-state index < -0.39 is 0 Å². The highest BCUT2D eigenvalue weighted by Crippen LogP contribution is 2.20. The second kappa shape index (κ2) is 8.50. The lowest BCUT2D eigenvalue weighted by molar-refractivity contribution is 0.197. The molecule has 0 aromatic heterocycles. The van der Waals surface area contributed by atoms with Crippen LogP contribution in [-0.4, -0.2) is 31.1 Å². The molecule has 2 nitrogen and oxygen atoms in total. The Morgan fingerprint density at radius 2 is 1.90 bits per heavy atom. The Kier molecular flexibility index (Phi) is 6.65. The second-order valence-corrected chi connectivity index (χ2v) is 6.36. The first-order valence-corrected chi connectivity index (χ1v) is 8.41. The van der Waals surface area contributed by atoms with Crippen LogP contribution in [0.3, 0.4) is 0 Å². The average Bonchev–Trinajstić information content (AvgIpc) is 2.50. The van der Waals surface area contributed by atoms with Gasteiger partial charge in [-0.3, -0.25) is 0 Å². The van der Waals surface area contributed by atoms with Gasteiger partial charge in [0.2, 0.25) is 0 Å². The van der Waals surface area contributed by atoms with Gasteiger partial charge in [0, 0.05) is 18.2 Å². The van der Waals surface area contributed by atoms with E-state index in [1.807, 2.05) is 12.1 Å². The van der Waals surface area contributed by atoms with Crippen LogP contribution in [0.4, 0.5) is 4.39 Å². The van der Waals surface area contributed by atoms with Crippen molar-refractivity contribution in [1.82, 2.24) is 10.2 Å². The van der Waals surface area contributed by atoms with Crippen molar-refractivity contribution in [3.8, 4) is 0 Å². The van der Waals surface area contributed by atoms with Gasteiger partial charge in [-0.2, -0.15) is 0 Å². The number of hydrogen-bond acceptors (Lipinski definition) is 2. The van der Waals surface area contributed by atoms with Crippen molar-refractivity contribution in [3.05, 3.63) is 35.6 Å². The van der Waals surface area contributed by atoms with E-state index in [1.54, 1.807) is 12.1 Å². The lowest BCUT2D eigenvalue weighted by Crippen LogP contribution is -2.37. The van der Waals surface area contributed by atoms with Gasteiger partial charge in [-0.25, -0.2) is 4.39 Å². The molecule has 2 unspecified atom stereocenters. The number of nitrogens with one attached hydrogen (secondary N) is 1. The summed E-state index contributed by atoms with van der Waals surface area (Å²) in [5, 5.41) is 3.55. The van der Waals surface area contributed by atoms with E-state index in [0.717, 1.165) is 25.1 Å². The van der Waals surface area contributed by atoms with Gasteiger partial charge >= 0.3 is 0 Å². The molecule has 1 aliphatic heterocycles. The number of benzene rings is 1. The highest BCUT2D eigenvalue weighted by molar-refractivity contribution is 5.21. The predicted molar refractivity (Wildman–Crippen MR) is 86.9 cm³/mol. The maximum absolute atomic E-state index is 13.9. The summed E-state index contributed by atoms with van der Waals surface area (Å²) in [7, 11) is 0. The molecule has 118 valence electrons. The zero-order valence-electron chi connectivity index (χ0n) is 13.4. The van der Waals surface area contributed by atoms with Crippen LogP contribution in [0, 0.1) is 11.7 Å². The molecule has 1 aliphatic rings. The van der Waals surface area contributed by atoms with Crippen LogP contribution >= 0.6 is 0 Å². The normalized spacial score (nSPS) is 19.4. The Labute approximate surface area is 128 Å². The van der Waals surface area contributed by atoms with Crippen molar-refractivity contribution in [2.45, 2.75) is 45.6 Å². The molecule has 3 heteroatoms. The molecule has 2 atom stereocenters. The van der Waals surface area contributed by atoms with Gasteiger partial charge in [0.15, 0.2) is 0 Å².